The van der Waals surface area contributed by atoms with Crippen LogP contribution in [0.4, 0.5) is 0 Å². The first-order valence-corrected chi connectivity index (χ1v) is 7.69. The van der Waals surface area contributed by atoms with E-state index in [0.29, 0.717) is 12.5 Å². The number of nitrogens with one attached hydrogen (secondary N) is 1. The number of hydrogen-bond acceptors (Lipinski definition) is 2. The Kier molecular flexibility index (Phi) is 7.20. The van der Waals surface area contributed by atoms with Gasteiger partial charge in [-0.1, -0.05) is 36.5 Å². The van der Waals surface area contributed by atoms with Crippen LogP contribution in [0.1, 0.15) is 53.6 Å². The molecule has 0 bridgehead atoms. The summed E-state index contributed by atoms with van der Waals surface area (Å²) in [5.41, 5.74) is 8.87. The predicted molar refractivity (Wildman–Crippen MR) is 90.0 cm³/mol. The van der Waals surface area contributed by atoms with Gasteiger partial charge in [-0.25, -0.2) is 0 Å². The van der Waals surface area contributed by atoms with Gasteiger partial charge in [-0.15, -0.1) is 12.4 Å². The van der Waals surface area contributed by atoms with Crippen molar-refractivity contribution >= 4 is 18.3 Å². The van der Waals surface area contributed by atoms with Gasteiger partial charge in [0.05, 0.1) is 0 Å². The van der Waals surface area contributed by atoms with Crippen molar-refractivity contribution < 1.29 is 4.79 Å². The second-order valence-corrected chi connectivity index (χ2v) is 6.09. The average molecular weight is 311 g/mol. The van der Waals surface area contributed by atoms with Crippen molar-refractivity contribution in [3.05, 3.63) is 34.9 Å². The van der Waals surface area contributed by atoms with E-state index >= 15 is 0 Å². The van der Waals surface area contributed by atoms with E-state index < -0.39 is 0 Å². The number of hydrogen-bond donors (Lipinski definition) is 2. The van der Waals surface area contributed by atoms with Crippen LogP contribution < -0.4 is 11.1 Å². The minimum atomic E-state index is 0. The van der Waals surface area contributed by atoms with Crippen LogP contribution >= 0.6 is 12.4 Å². The number of halogens is 1. The van der Waals surface area contributed by atoms with Crippen molar-refractivity contribution in [2.24, 2.45) is 11.7 Å². The maximum Gasteiger partial charge on any atom is 0.251 e. The molecule has 1 saturated carbocycles. The van der Waals surface area contributed by atoms with Crippen LogP contribution in [0, 0.1) is 19.8 Å². The Morgan fingerprint density at radius 3 is 2.29 bits per heavy atom. The van der Waals surface area contributed by atoms with Gasteiger partial charge in [-0.3, -0.25) is 4.79 Å². The van der Waals surface area contributed by atoms with E-state index in [4.69, 9.17) is 5.73 Å². The lowest BCUT2D eigenvalue weighted by molar-refractivity contribution is 0.0915. The molecule has 0 aliphatic heterocycles. The van der Waals surface area contributed by atoms with E-state index in [1.807, 2.05) is 26.0 Å². The molecule has 3 nitrogen and oxygen atoms in total. The van der Waals surface area contributed by atoms with Crippen LogP contribution in [0.3, 0.4) is 0 Å². The molecule has 0 spiro atoms. The Morgan fingerprint density at radius 1 is 1.19 bits per heavy atom. The van der Waals surface area contributed by atoms with Crippen molar-refractivity contribution in [2.45, 2.75) is 52.0 Å². The molecule has 1 aliphatic carbocycles. The topological polar surface area (TPSA) is 55.1 Å². The molecule has 0 radical (unpaired) electrons. The normalized spacial score (nSPS) is 16.9. The van der Waals surface area contributed by atoms with Crippen molar-refractivity contribution in [3.63, 3.8) is 0 Å². The number of nitrogens with two attached hydrogens (primary N) is 1. The highest BCUT2D eigenvalue weighted by atomic mass is 35.5. The summed E-state index contributed by atoms with van der Waals surface area (Å²) in [4.78, 5) is 12.4. The van der Waals surface area contributed by atoms with Crippen LogP contribution in [0.25, 0.3) is 0 Å². The Hall–Kier alpha value is -1.06. The fraction of sp³-hybridized carbons (Fsp3) is 0.588. The van der Waals surface area contributed by atoms with Gasteiger partial charge in [-0.05, 0) is 44.7 Å². The first-order chi connectivity index (χ1) is 9.60. The molecule has 2 rings (SSSR count). The van der Waals surface area contributed by atoms with Gasteiger partial charge in [-0.2, -0.15) is 0 Å². The zero-order valence-corrected chi connectivity index (χ0v) is 13.8. The zero-order chi connectivity index (χ0) is 14.5. The summed E-state index contributed by atoms with van der Waals surface area (Å²) in [5, 5.41) is 3.14. The fourth-order valence-electron chi connectivity index (χ4n) is 3.26. The first kappa shape index (κ1) is 18.0. The summed E-state index contributed by atoms with van der Waals surface area (Å²) in [6, 6.07) is 6.08. The number of aryl methyl sites for hydroxylation is 2. The largest absolute Gasteiger partial charge is 0.348 e. The molecule has 3 N–H and O–H groups in total. The summed E-state index contributed by atoms with van der Waals surface area (Å²) in [7, 11) is 0. The van der Waals surface area contributed by atoms with Crippen molar-refractivity contribution in [1.82, 2.24) is 5.32 Å². The van der Waals surface area contributed by atoms with Crippen LogP contribution in [-0.2, 0) is 0 Å². The van der Waals surface area contributed by atoms with Crippen LogP contribution in [0.5, 0.6) is 0 Å². The number of benzene rings is 1. The van der Waals surface area contributed by atoms with Gasteiger partial charge in [0.15, 0.2) is 0 Å². The molecule has 0 aromatic heterocycles. The van der Waals surface area contributed by atoms with Gasteiger partial charge in [0.1, 0.15) is 0 Å². The third-order valence-electron chi connectivity index (χ3n) is 4.27. The van der Waals surface area contributed by atoms with Gasteiger partial charge in [0.25, 0.3) is 5.91 Å². The lowest BCUT2D eigenvalue weighted by Crippen LogP contribution is -2.45. The van der Waals surface area contributed by atoms with E-state index in [0.717, 1.165) is 16.7 Å². The summed E-state index contributed by atoms with van der Waals surface area (Å²) >= 11 is 0. The van der Waals surface area contributed by atoms with E-state index in [9.17, 15) is 4.79 Å². The van der Waals surface area contributed by atoms with Crippen molar-refractivity contribution in [3.8, 4) is 0 Å². The minimum absolute atomic E-state index is 0. The van der Waals surface area contributed by atoms with Crippen LogP contribution in [-0.4, -0.2) is 18.5 Å². The summed E-state index contributed by atoms with van der Waals surface area (Å²) < 4.78 is 0. The predicted octanol–water partition coefficient (Wildman–Crippen LogP) is 3.36. The van der Waals surface area contributed by atoms with Crippen molar-refractivity contribution in [2.75, 3.05) is 6.54 Å². The molecule has 21 heavy (non-hydrogen) atoms. The van der Waals surface area contributed by atoms with Crippen LogP contribution in [0.15, 0.2) is 18.2 Å². The van der Waals surface area contributed by atoms with Crippen molar-refractivity contribution in [1.29, 1.82) is 0 Å². The average Bonchev–Trinajstić information content (AvgIpc) is 2.44. The number of amides is 1. The quantitative estimate of drug-likeness (QED) is 0.896. The van der Waals surface area contributed by atoms with Gasteiger partial charge < -0.3 is 11.1 Å². The molecule has 1 amide bonds. The molecule has 1 fully saturated rings. The van der Waals surface area contributed by atoms with E-state index in [1.165, 1.54) is 32.1 Å². The molecule has 0 saturated heterocycles. The molecule has 1 aromatic carbocycles. The third kappa shape index (κ3) is 5.01. The Morgan fingerprint density at radius 2 is 1.76 bits per heavy atom. The Bertz CT molecular complexity index is 450. The number of carbonyl (C=O) groups is 1. The maximum atomic E-state index is 12.4. The molecule has 1 aromatic rings. The molecule has 1 aliphatic rings. The summed E-state index contributed by atoms with van der Waals surface area (Å²) in [5.74, 6) is 0.557. The highest BCUT2D eigenvalue weighted by Crippen LogP contribution is 2.26. The molecule has 4 heteroatoms. The van der Waals surface area contributed by atoms with Gasteiger partial charge in [0, 0.05) is 18.2 Å². The zero-order valence-electron chi connectivity index (χ0n) is 13.0. The minimum Gasteiger partial charge on any atom is -0.348 e. The summed E-state index contributed by atoms with van der Waals surface area (Å²) in [6.45, 7) is 4.57. The lowest BCUT2D eigenvalue weighted by atomic mass is 9.84. The lowest BCUT2D eigenvalue weighted by Gasteiger charge is -2.30. The summed E-state index contributed by atoms with van der Waals surface area (Å²) in [6.07, 6.45) is 6.23. The molecule has 1 unspecified atom stereocenters. The monoisotopic (exact) mass is 310 g/mol. The number of carbonyl (C=O) groups excluding carboxylic acids is 1. The van der Waals surface area contributed by atoms with E-state index in [1.54, 1.807) is 0 Å². The van der Waals surface area contributed by atoms with Crippen LogP contribution in [0.2, 0.25) is 0 Å². The molecule has 0 heterocycles. The maximum absolute atomic E-state index is 12.4. The van der Waals surface area contributed by atoms with E-state index in [-0.39, 0.29) is 24.4 Å². The fourth-order valence-corrected chi connectivity index (χ4v) is 3.26. The third-order valence-corrected chi connectivity index (χ3v) is 4.27. The molecular formula is C17H27ClN2O. The molecular weight excluding hydrogens is 284 g/mol. The smallest absolute Gasteiger partial charge is 0.251 e. The Labute approximate surface area is 134 Å². The highest BCUT2D eigenvalue weighted by molar-refractivity contribution is 5.94. The highest BCUT2D eigenvalue weighted by Gasteiger charge is 2.24. The van der Waals surface area contributed by atoms with Gasteiger partial charge >= 0.3 is 0 Å². The standard InChI is InChI=1S/C17H26N2O.ClH/c1-12-8-13(2)10-15(9-12)17(20)19-16(11-18)14-6-4-3-5-7-14;/h8-10,14,16H,3-7,11,18H2,1-2H3,(H,19,20);1H. The van der Waals surface area contributed by atoms with Gasteiger partial charge in [0.2, 0.25) is 0 Å². The Balaban J connectivity index is 0.00000220. The van der Waals surface area contributed by atoms with E-state index in [2.05, 4.69) is 11.4 Å². The SMILES string of the molecule is Cc1cc(C)cc(C(=O)NC(CN)C2CCCCC2)c1.Cl. The number of rotatable bonds is 4. The second-order valence-electron chi connectivity index (χ2n) is 6.09. The second kappa shape index (κ2) is 8.40. The first-order valence-electron chi connectivity index (χ1n) is 7.69. The molecule has 1 atom stereocenters. The molecule has 118 valence electrons.